The molecule has 0 aliphatic carbocycles. The van der Waals surface area contributed by atoms with Crippen molar-refractivity contribution in [3.8, 4) is 0 Å². The molecular formula is C11H20N2O2. The molecule has 1 heterocycles. The molecule has 1 aliphatic rings. The monoisotopic (exact) mass is 212 g/mol. The van der Waals surface area contributed by atoms with E-state index in [2.05, 4.69) is 12.2 Å². The average molecular weight is 212 g/mol. The fraction of sp³-hybridized carbons (Fsp3) is 0.818. The van der Waals surface area contributed by atoms with Crippen molar-refractivity contribution in [3.05, 3.63) is 0 Å². The Kier molecular flexibility index (Phi) is 3.37. The normalized spacial score (nSPS) is 21.3. The molecule has 0 aromatic rings. The lowest BCUT2D eigenvalue weighted by atomic mass is 9.97. The molecule has 0 radical (unpaired) electrons. The van der Waals surface area contributed by atoms with Crippen LogP contribution in [0.5, 0.6) is 0 Å². The van der Waals surface area contributed by atoms with Crippen LogP contribution in [0, 0.1) is 5.92 Å². The van der Waals surface area contributed by atoms with Crippen LogP contribution < -0.4 is 5.32 Å². The van der Waals surface area contributed by atoms with Crippen LogP contribution >= 0.6 is 0 Å². The third kappa shape index (κ3) is 2.49. The molecular weight excluding hydrogens is 192 g/mol. The Hall–Kier alpha value is -1.06. The summed E-state index contributed by atoms with van der Waals surface area (Å²) in [6.45, 7) is 6.62. The first-order chi connectivity index (χ1) is 6.88. The van der Waals surface area contributed by atoms with Crippen molar-refractivity contribution in [1.82, 2.24) is 10.2 Å². The van der Waals surface area contributed by atoms with E-state index in [1.807, 2.05) is 20.9 Å². The highest BCUT2D eigenvalue weighted by Gasteiger charge is 2.34. The number of nitrogens with zero attached hydrogens (tertiary/aromatic N) is 1. The molecule has 15 heavy (non-hydrogen) atoms. The molecule has 4 heteroatoms. The highest BCUT2D eigenvalue weighted by molar-refractivity contribution is 5.89. The molecule has 2 amide bonds. The van der Waals surface area contributed by atoms with Gasteiger partial charge in [-0.2, -0.15) is 0 Å². The highest BCUT2D eigenvalue weighted by Crippen LogP contribution is 2.21. The van der Waals surface area contributed by atoms with Gasteiger partial charge in [-0.05, 0) is 20.3 Å². The number of carbonyl (C=O) groups excluding carboxylic acids is 2. The summed E-state index contributed by atoms with van der Waals surface area (Å²) in [5.41, 5.74) is -0.136. The van der Waals surface area contributed by atoms with Gasteiger partial charge in [0.2, 0.25) is 11.8 Å². The summed E-state index contributed by atoms with van der Waals surface area (Å²) in [5.74, 6) is -0.121. The molecule has 1 aliphatic heterocycles. The maximum atomic E-state index is 12.0. The van der Waals surface area contributed by atoms with Crippen LogP contribution in [0.1, 0.15) is 33.6 Å². The van der Waals surface area contributed by atoms with E-state index in [9.17, 15) is 9.59 Å². The Labute approximate surface area is 91.0 Å². The van der Waals surface area contributed by atoms with E-state index in [1.54, 1.807) is 4.90 Å². The van der Waals surface area contributed by atoms with Gasteiger partial charge in [0.05, 0.1) is 5.92 Å². The van der Waals surface area contributed by atoms with Gasteiger partial charge in [0, 0.05) is 25.6 Å². The van der Waals surface area contributed by atoms with Crippen molar-refractivity contribution in [2.45, 2.75) is 39.2 Å². The summed E-state index contributed by atoms with van der Waals surface area (Å²) in [5, 5.41) is 2.69. The molecule has 1 saturated heterocycles. The largest absolute Gasteiger partial charge is 0.355 e. The predicted octanol–water partition coefficient (Wildman–Crippen LogP) is 0.770. The lowest BCUT2D eigenvalue weighted by molar-refractivity contribution is -0.139. The van der Waals surface area contributed by atoms with Gasteiger partial charge in [-0.1, -0.05) is 6.92 Å². The molecule has 1 N–H and O–H groups in total. The second kappa shape index (κ2) is 4.21. The summed E-state index contributed by atoms with van der Waals surface area (Å²) in [6, 6.07) is 0. The van der Waals surface area contributed by atoms with Crippen LogP contribution in [0.2, 0.25) is 0 Å². The summed E-state index contributed by atoms with van der Waals surface area (Å²) >= 11 is 0. The lowest BCUT2D eigenvalue weighted by Gasteiger charge is -2.36. The third-order valence-corrected chi connectivity index (χ3v) is 3.43. The summed E-state index contributed by atoms with van der Waals surface area (Å²) in [6.07, 6.45) is 1.24. The van der Waals surface area contributed by atoms with Gasteiger partial charge < -0.3 is 10.2 Å². The van der Waals surface area contributed by atoms with Crippen molar-refractivity contribution in [1.29, 1.82) is 0 Å². The quantitative estimate of drug-likeness (QED) is 0.751. The van der Waals surface area contributed by atoms with Gasteiger partial charge >= 0.3 is 0 Å². The van der Waals surface area contributed by atoms with Gasteiger partial charge in [-0.3, -0.25) is 9.59 Å². The molecule has 1 unspecified atom stereocenters. The van der Waals surface area contributed by atoms with Crippen molar-refractivity contribution in [2.75, 3.05) is 13.6 Å². The molecule has 1 fully saturated rings. The molecule has 0 aromatic heterocycles. The highest BCUT2D eigenvalue weighted by atomic mass is 16.2. The fourth-order valence-corrected chi connectivity index (χ4v) is 1.59. The number of rotatable bonds is 3. The molecule has 0 aromatic carbocycles. The molecule has 1 rings (SSSR count). The topological polar surface area (TPSA) is 49.4 Å². The zero-order chi connectivity index (χ0) is 11.6. The van der Waals surface area contributed by atoms with Crippen molar-refractivity contribution < 1.29 is 9.59 Å². The van der Waals surface area contributed by atoms with Gasteiger partial charge in [0.1, 0.15) is 0 Å². The number of nitrogens with one attached hydrogen (secondary N) is 1. The SMILES string of the molecule is CCC(C)(C)N(C)C(=O)C1CNC(=O)C1. The molecule has 0 bridgehead atoms. The fourth-order valence-electron chi connectivity index (χ4n) is 1.59. The van der Waals surface area contributed by atoms with Gasteiger partial charge in [-0.15, -0.1) is 0 Å². The minimum absolute atomic E-state index is 0.0175. The van der Waals surface area contributed by atoms with E-state index in [-0.39, 0.29) is 23.3 Å². The standard InChI is InChI=1S/C11H20N2O2/c1-5-11(2,3)13(4)10(15)8-6-9(14)12-7-8/h8H,5-7H2,1-4H3,(H,12,14). The van der Waals surface area contributed by atoms with Crippen LogP contribution in [-0.4, -0.2) is 35.8 Å². The van der Waals surface area contributed by atoms with Crippen molar-refractivity contribution in [2.24, 2.45) is 5.92 Å². The van der Waals surface area contributed by atoms with Crippen LogP contribution in [0.15, 0.2) is 0 Å². The van der Waals surface area contributed by atoms with Crippen molar-refractivity contribution >= 4 is 11.8 Å². The Balaban J connectivity index is 2.64. The second-order valence-electron chi connectivity index (χ2n) is 4.77. The number of hydrogen-bond donors (Lipinski definition) is 1. The second-order valence-corrected chi connectivity index (χ2v) is 4.77. The summed E-state index contributed by atoms with van der Waals surface area (Å²) in [4.78, 5) is 24.8. The smallest absolute Gasteiger partial charge is 0.228 e. The van der Waals surface area contributed by atoms with Crippen LogP contribution in [0.4, 0.5) is 0 Å². The molecule has 1 atom stereocenters. The first-order valence-corrected chi connectivity index (χ1v) is 5.43. The zero-order valence-corrected chi connectivity index (χ0v) is 9.96. The van der Waals surface area contributed by atoms with E-state index >= 15 is 0 Å². The predicted molar refractivity (Wildman–Crippen MR) is 58.3 cm³/mol. The Morgan fingerprint density at radius 2 is 2.20 bits per heavy atom. The molecule has 86 valence electrons. The molecule has 0 saturated carbocycles. The maximum Gasteiger partial charge on any atom is 0.228 e. The first kappa shape index (κ1) is 12.0. The average Bonchev–Trinajstić information content (AvgIpc) is 2.62. The van der Waals surface area contributed by atoms with E-state index in [1.165, 1.54) is 0 Å². The Morgan fingerprint density at radius 1 is 1.60 bits per heavy atom. The lowest BCUT2D eigenvalue weighted by Crippen LogP contribution is -2.47. The molecule has 4 nitrogen and oxygen atoms in total. The zero-order valence-electron chi connectivity index (χ0n) is 9.96. The van der Waals surface area contributed by atoms with Gasteiger partial charge in [-0.25, -0.2) is 0 Å². The van der Waals surface area contributed by atoms with E-state index in [0.717, 1.165) is 6.42 Å². The van der Waals surface area contributed by atoms with Crippen LogP contribution in [0.25, 0.3) is 0 Å². The van der Waals surface area contributed by atoms with E-state index in [0.29, 0.717) is 13.0 Å². The van der Waals surface area contributed by atoms with Crippen LogP contribution in [0.3, 0.4) is 0 Å². The summed E-state index contributed by atoms with van der Waals surface area (Å²) < 4.78 is 0. The first-order valence-electron chi connectivity index (χ1n) is 5.43. The summed E-state index contributed by atoms with van der Waals surface area (Å²) in [7, 11) is 1.81. The molecule has 0 spiro atoms. The van der Waals surface area contributed by atoms with E-state index in [4.69, 9.17) is 0 Å². The van der Waals surface area contributed by atoms with Crippen molar-refractivity contribution in [3.63, 3.8) is 0 Å². The number of hydrogen-bond acceptors (Lipinski definition) is 2. The van der Waals surface area contributed by atoms with E-state index < -0.39 is 0 Å². The minimum Gasteiger partial charge on any atom is -0.355 e. The van der Waals surface area contributed by atoms with Crippen LogP contribution in [-0.2, 0) is 9.59 Å². The number of carbonyl (C=O) groups is 2. The van der Waals surface area contributed by atoms with Gasteiger partial charge in [0.15, 0.2) is 0 Å². The van der Waals surface area contributed by atoms with Gasteiger partial charge in [0.25, 0.3) is 0 Å². The third-order valence-electron chi connectivity index (χ3n) is 3.43. The Morgan fingerprint density at radius 3 is 2.60 bits per heavy atom. The Bertz CT molecular complexity index is 274. The maximum absolute atomic E-state index is 12.0. The minimum atomic E-state index is -0.173. The number of amides is 2.